The van der Waals surface area contributed by atoms with Gasteiger partial charge in [-0.05, 0) is 67.3 Å². The van der Waals surface area contributed by atoms with Gasteiger partial charge in [0.25, 0.3) is 0 Å². The van der Waals surface area contributed by atoms with Crippen LogP contribution in [0.3, 0.4) is 0 Å². The first-order valence-corrected chi connectivity index (χ1v) is 9.04. The van der Waals surface area contributed by atoms with Crippen LogP contribution in [0.5, 0.6) is 5.75 Å². The summed E-state index contributed by atoms with van der Waals surface area (Å²) in [4.78, 5) is 9.49. The predicted molar refractivity (Wildman–Crippen MR) is 93.9 cm³/mol. The molecule has 5 nitrogen and oxygen atoms in total. The van der Waals surface area contributed by atoms with E-state index in [9.17, 15) is 4.79 Å². The molecule has 1 amide bonds. The summed E-state index contributed by atoms with van der Waals surface area (Å²) >= 11 is 0. The Balaban J connectivity index is 0.000000246. The van der Waals surface area contributed by atoms with E-state index in [1.807, 2.05) is 0 Å². The molecule has 4 rings (SSSR count). The fourth-order valence-electron chi connectivity index (χ4n) is 3.82. The second kappa shape index (κ2) is 7.43. The molecule has 1 saturated carbocycles. The fourth-order valence-corrected chi connectivity index (χ4v) is 3.82. The molecule has 2 fully saturated rings. The highest BCUT2D eigenvalue weighted by Gasteiger charge is 2.41. The number of fused-ring (bicyclic) bond motifs is 3. The lowest BCUT2D eigenvalue weighted by molar-refractivity contribution is 0.195. The molecule has 3 atom stereocenters. The Kier molecular flexibility index (Phi) is 5.29. The van der Waals surface area contributed by atoms with Gasteiger partial charge < -0.3 is 20.5 Å². The van der Waals surface area contributed by atoms with Crippen molar-refractivity contribution < 1.29 is 14.6 Å². The van der Waals surface area contributed by atoms with Crippen molar-refractivity contribution in [2.75, 3.05) is 26.2 Å². The molecule has 3 N–H and O–H groups in total. The summed E-state index contributed by atoms with van der Waals surface area (Å²) in [5.74, 6) is 4.15. The van der Waals surface area contributed by atoms with Gasteiger partial charge >= 0.3 is 6.09 Å². The smallest absolute Gasteiger partial charge is 0.404 e. The van der Waals surface area contributed by atoms with Crippen molar-refractivity contribution in [1.82, 2.24) is 10.6 Å². The minimum Gasteiger partial charge on any atom is -0.493 e. The lowest BCUT2D eigenvalue weighted by Gasteiger charge is -2.12. The predicted octanol–water partition coefficient (Wildman–Crippen LogP) is 3.17. The van der Waals surface area contributed by atoms with Crippen LogP contribution in [0, 0.1) is 11.8 Å². The topological polar surface area (TPSA) is 70.6 Å². The number of benzene rings is 1. The Morgan fingerprint density at radius 1 is 1.33 bits per heavy atom. The van der Waals surface area contributed by atoms with Gasteiger partial charge in [-0.1, -0.05) is 13.0 Å². The van der Waals surface area contributed by atoms with Crippen molar-refractivity contribution in [2.45, 2.75) is 38.5 Å². The van der Waals surface area contributed by atoms with E-state index >= 15 is 0 Å². The van der Waals surface area contributed by atoms with Crippen LogP contribution in [0.1, 0.15) is 49.7 Å². The minimum atomic E-state index is -0.961. The number of carbonyl (C=O) groups is 1. The zero-order valence-corrected chi connectivity index (χ0v) is 14.5. The molecular formula is C19H28N2O3. The maximum absolute atomic E-state index is 9.49. The number of rotatable bonds is 4. The van der Waals surface area contributed by atoms with Crippen LogP contribution in [0.4, 0.5) is 4.79 Å². The third-order valence-electron chi connectivity index (χ3n) is 5.36. The standard InChI is InChI=1S/C16H21NO.C3H7NO2/c1-10-13-5-4-12(18-9-11-2-3-11)6-14(13)16-8-17-7-15(10)16;1-2-4-3(5)6/h4-6,10-11,15-17H,2-3,7-9H2,1H3;4H,2H2,1H3,(H,5,6). The first-order valence-electron chi connectivity index (χ1n) is 9.04. The number of nitrogens with one attached hydrogen (secondary N) is 2. The summed E-state index contributed by atoms with van der Waals surface area (Å²) in [6.07, 6.45) is 1.75. The molecule has 24 heavy (non-hydrogen) atoms. The lowest BCUT2D eigenvalue weighted by Crippen LogP contribution is -2.19. The van der Waals surface area contributed by atoms with Gasteiger partial charge in [0.15, 0.2) is 0 Å². The highest BCUT2D eigenvalue weighted by atomic mass is 16.5. The number of hydrogen-bond acceptors (Lipinski definition) is 3. The summed E-state index contributed by atoms with van der Waals surface area (Å²) in [5.41, 5.74) is 3.11. The van der Waals surface area contributed by atoms with Crippen molar-refractivity contribution in [3.8, 4) is 5.75 Å². The number of amides is 1. The molecule has 5 heteroatoms. The Bertz CT molecular complexity index is 586. The average Bonchev–Trinajstić information content (AvgIpc) is 3.19. The van der Waals surface area contributed by atoms with E-state index in [4.69, 9.17) is 9.84 Å². The van der Waals surface area contributed by atoms with Gasteiger partial charge in [0.05, 0.1) is 6.61 Å². The summed E-state index contributed by atoms with van der Waals surface area (Å²) in [6, 6.07) is 6.79. The zero-order chi connectivity index (χ0) is 17.1. The van der Waals surface area contributed by atoms with Crippen molar-refractivity contribution in [2.24, 2.45) is 11.8 Å². The van der Waals surface area contributed by atoms with E-state index in [1.165, 1.54) is 19.4 Å². The van der Waals surface area contributed by atoms with Gasteiger partial charge in [0, 0.05) is 19.0 Å². The monoisotopic (exact) mass is 332 g/mol. The quantitative estimate of drug-likeness (QED) is 0.792. The van der Waals surface area contributed by atoms with E-state index in [0.29, 0.717) is 12.5 Å². The van der Waals surface area contributed by atoms with Crippen molar-refractivity contribution in [3.63, 3.8) is 0 Å². The highest BCUT2D eigenvalue weighted by Crippen LogP contribution is 2.48. The lowest BCUT2D eigenvalue weighted by atomic mass is 9.91. The van der Waals surface area contributed by atoms with Crippen LogP contribution in [-0.4, -0.2) is 37.4 Å². The van der Waals surface area contributed by atoms with Gasteiger partial charge in [0.1, 0.15) is 5.75 Å². The van der Waals surface area contributed by atoms with Crippen molar-refractivity contribution >= 4 is 6.09 Å². The molecule has 1 heterocycles. The van der Waals surface area contributed by atoms with Crippen LogP contribution in [-0.2, 0) is 0 Å². The van der Waals surface area contributed by atoms with Crippen LogP contribution in [0.25, 0.3) is 0 Å². The second-order valence-electron chi connectivity index (χ2n) is 7.10. The Morgan fingerprint density at radius 2 is 2.12 bits per heavy atom. The van der Waals surface area contributed by atoms with Crippen LogP contribution >= 0.6 is 0 Å². The SMILES string of the molecule is CC1c2ccc(OCC3CC3)cc2C2CNCC12.CCNC(=O)O. The van der Waals surface area contributed by atoms with Gasteiger partial charge in [-0.2, -0.15) is 0 Å². The van der Waals surface area contributed by atoms with Crippen LogP contribution < -0.4 is 15.4 Å². The molecule has 1 aliphatic heterocycles. The second-order valence-corrected chi connectivity index (χ2v) is 7.10. The van der Waals surface area contributed by atoms with Gasteiger partial charge in [-0.15, -0.1) is 0 Å². The molecule has 1 saturated heterocycles. The Labute approximate surface area is 143 Å². The third kappa shape index (κ3) is 3.83. The number of ether oxygens (including phenoxy) is 1. The molecule has 2 aliphatic carbocycles. The maximum Gasteiger partial charge on any atom is 0.404 e. The number of hydrogen-bond donors (Lipinski definition) is 3. The van der Waals surface area contributed by atoms with Gasteiger partial charge in [-0.25, -0.2) is 4.79 Å². The van der Waals surface area contributed by atoms with Gasteiger partial charge in [0.2, 0.25) is 0 Å². The van der Waals surface area contributed by atoms with Crippen molar-refractivity contribution in [3.05, 3.63) is 29.3 Å². The molecule has 1 aromatic carbocycles. The first kappa shape index (κ1) is 17.1. The van der Waals surface area contributed by atoms with Crippen molar-refractivity contribution in [1.29, 1.82) is 0 Å². The fraction of sp³-hybridized carbons (Fsp3) is 0.632. The normalized spacial score (nSPS) is 26.8. The summed E-state index contributed by atoms with van der Waals surface area (Å²) < 4.78 is 5.92. The van der Waals surface area contributed by atoms with E-state index in [1.54, 1.807) is 18.1 Å². The maximum atomic E-state index is 9.49. The third-order valence-corrected chi connectivity index (χ3v) is 5.36. The molecule has 0 bridgehead atoms. The number of carboxylic acid groups (broad SMARTS) is 1. The molecule has 1 aromatic rings. The summed E-state index contributed by atoms with van der Waals surface area (Å²) in [5, 5.41) is 13.5. The molecular weight excluding hydrogens is 304 g/mol. The molecule has 3 aliphatic rings. The van der Waals surface area contributed by atoms with E-state index < -0.39 is 6.09 Å². The summed E-state index contributed by atoms with van der Waals surface area (Å²) in [7, 11) is 0. The van der Waals surface area contributed by atoms with E-state index in [2.05, 4.69) is 35.8 Å². The molecule has 132 valence electrons. The van der Waals surface area contributed by atoms with Crippen LogP contribution in [0.2, 0.25) is 0 Å². The minimum absolute atomic E-state index is 0.481. The molecule has 0 aromatic heterocycles. The largest absolute Gasteiger partial charge is 0.493 e. The van der Waals surface area contributed by atoms with E-state index in [0.717, 1.165) is 36.7 Å². The Morgan fingerprint density at radius 3 is 2.75 bits per heavy atom. The van der Waals surface area contributed by atoms with Crippen LogP contribution in [0.15, 0.2) is 18.2 Å². The Hall–Kier alpha value is -1.75. The molecule has 0 radical (unpaired) electrons. The summed E-state index contributed by atoms with van der Waals surface area (Å²) in [6.45, 7) is 7.83. The van der Waals surface area contributed by atoms with E-state index in [-0.39, 0.29) is 0 Å². The molecule has 0 spiro atoms. The average molecular weight is 332 g/mol. The molecule has 3 unspecified atom stereocenters. The highest BCUT2D eigenvalue weighted by molar-refractivity contribution is 5.64. The van der Waals surface area contributed by atoms with Gasteiger partial charge in [-0.3, -0.25) is 0 Å². The first-order chi connectivity index (χ1) is 11.6. The zero-order valence-electron chi connectivity index (χ0n) is 14.5.